The lowest BCUT2D eigenvalue weighted by molar-refractivity contribution is 0.357. The number of hydrogen-bond acceptors (Lipinski definition) is 2. The van der Waals surface area contributed by atoms with E-state index in [0.29, 0.717) is 12.5 Å². The summed E-state index contributed by atoms with van der Waals surface area (Å²) < 4.78 is 5.43. The van der Waals surface area contributed by atoms with Crippen LogP contribution in [0.1, 0.15) is 24.0 Å². The van der Waals surface area contributed by atoms with Gasteiger partial charge in [-0.05, 0) is 29.7 Å². The second-order valence-corrected chi connectivity index (χ2v) is 4.13. The maximum absolute atomic E-state index is 6.11. The monoisotopic (exact) mass is 211 g/mol. The second kappa shape index (κ2) is 3.79. The Balaban J connectivity index is 2.41. The molecule has 1 aromatic carbocycles. The summed E-state index contributed by atoms with van der Waals surface area (Å²) in [6.07, 6.45) is 0.959. The zero-order chi connectivity index (χ0) is 10.1. The molecular weight excluding hydrogens is 198 g/mol. The molecule has 0 bridgehead atoms. The van der Waals surface area contributed by atoms with Crippen molar-refractivity contribution in [3.8, 4) is 5.75 Å². The van der Waals surface area contributed by atoms with Crippen molar-refractivity contribution in [2.24, 2.45) is 5.73 Å². The first-order valence-electron chi connectivity index (χ1n) is 4.87. The quantitative estimate of drug-likeness (QED) is 0.815. The highest BCUT2D eigenvalue weighted by molar-refractivity contribution is 6.32. The van der Waals surface area contributed by atoms with Gasteiger partial charge in [0.05, 0.1) is 11.6 Å². The van der Waals surface area contributed by atoms with Crippen LogP contribution in [0.2, 0.25) is 5.02 Å². The van der Waals surface area contributed by atoms with Crippen molar-refractivity contribution in [3.05, 3.63) is 28.3 Å². The summed E-state index contributed by atoms with van der Waals surface area (Å²) in [5.41, 5.74) is 8.05. The van der Waals surface area contributed by atoms with Gasteiger partial charge in [0, 0.05) is 6.42 Å². The Hall–Kier alpha value is -0.730. The first kappa shape index (κ1) is 9.81. The molecule has 1 aromatic rings. The molecule has 0 aromatic heterocycles. The molecule has 0 radical (unpaired) electrons. The van der Waals surface area contributed by atoms with Crippen LogP contribution >= 0.6 is 11.6 Å². The highest BCUT2D eigenvalue weighted by Crippen LogP contribution is 2.36. The Morgan fingerprint density at radius 2 is 2.36 bits per heavy atom. The lowest BCUT2D eigenvalue weighted by atomic mass is 9.98. The van der Waals surface area contributed by atoms with Gasteiger partial charge in [0.2, 0.25) is 0 Å². The number of rotatable bonds is 2. The van der Waals surface area contributed by atoms with Crippen molar-refractivity contribution < 1.29 is 4.74 Å². The highest BCUT2D eigenvalue weighted by Gasteiger charge is 2.18. The predicted molar refractivity (Wildman–Crippen MR) is 58.1 cm³/mol. The van der Waals surface area contributed by atoms with Crippen LogP contribution < -0.4 is 10.5 Å². The molecule has 1 aliphatic rings. The van der Waals surface area contributed by atoms with Crippen LogP contribution in [0.3, 0.4) is 0 Å². The van der Waals surface area contributed by atoms with Crippen LogP contribution in [0.4, 0.5) is 0 Å². The van der Waals surface area contributed by atoms with Crippen LogP contribution in [0, 0.1) is 0 Å². The second-order valence-electron chi connectivity index (χ2n) is 3.73. The number of halogens is 1. The molecule has 2 nitrogen and oxygen atoms in total. The van der Waals surface area contributed by atoms with E-state index in [1.165, 1.54) is 11.1 Å². The van der Waals surface area contributed by atoms with Crippen molar-refractivity contribution in [2.75, 3.05) is 13.2 Å². The molecule has 14 heavy (non-hydrogen) atoms. The van der Waals surface area contributed by atoms with Gasteiger partial charge >= 0.3 is 0 Å². The molecule has 0 saturated heterocycles. The Bertz CT molecular complexity index is 351. The average Bonchev–Trinajstić information content (AvgIpc) is 2.64. The molecule has 0 saturated carbocycles. The number of benzene rings is 1. The molecule has 2 N–H and O–H groups in total. The molecule has 2 rings (SSSR count). The minimum atomic E-state index is 0.360. The minimum absolute atomic E-state index is 0.360. The molecule has 3 heteroatoms. The zero-order valence-corrected chi connectivity index (χ0v) is 8.97. The number of ether oxygens (including phenoxy) is 1. The van der Waals surface area contributed by atoms with Gasteiger partial charge in [0.1, 0.15) is 5.75 Å². The van der Waals surface area contributed by atoms with Gasteiger partial charge in [0.25, 0.3) is 0 Å². The summed E-state index contributed by atoms with van der Waals surface area (Å²) >= 11 is 6.11. The lowest BCUT2D eigenvalue weighted by Gasteiger charge is -2.11. The largest absolute Gasteiger partial charge is 0.491 e. The summed E-state index contributed by atoms with van der Waals surface area (Å²) in [6, 6.07) is 4.12. The van der Waals surface area contributed by atoms with Gasteiger partial charge in [-0.25, -0.2) is 0 Å². The number of fused-ring (bicyclic) bond motifs is 1. The topological polar surface area (TPSA) is 35.2 Å². The van der Waals surface area contributed by atoms with Gasteiger partial charge < -0.3 is 10.5 Å². The average molecular weight is 212 g/mol. The molecule has 0 aliphatic carbocycles. The van der Waals surface area contributed by atoms with E-state index in [0.717, 1.165) is 23.8 Å². The Morgan fingerprint density at radius 1 is 1.57 bits per heavy atom. The number of nitrogens with two attached hydrogens (primary N) is 1. The van der Waals surface area contributed by atoms with Gasteiger partial charge in [-0.2, -0.15) is 0 Å². The third-order valence-corrected chi connectivity index (χ3v) is 2.96. The van der Waals surface area contributed by atoms with E-state index in [9.17, 15) is 0 Å². The predicted octanol–water partition coefficient (Wildman–Crippen LogP) is 2.34. The molecule has 76 valence electrons. The first-order valence-corrected chi connectivity index (χ1v) is 5.25. The van der Waals surface area contributed by atoms with Gasteiger partial charge in [-0.1, -0.05) is 24.6 Å². The Morgan fingerprint density at radius 3 is 3.07 bits per heavy atom. The first-order chi connectivity index (χ1) is 6.72. The van der Waals surface area contributed by atoms with Crippen molar-refractivity contribution >= 4 is 11.6 Å². The fourth-order valence-corrected chi connectivity index (χ4v) is 2.01. The molecule has 0 amide bonds. The van der Waals surface area contributed by atoms with E-state index in [1.807, 2.05) is 6.07 Å². The standard InChI is InChI=1S/C11H14ClNO/c1-7(6-13)9-4-8-2-3-14-11(8)10(12)5-9/h4-5,7H,2-3,6,13H2,1H3. The maximum atomic E-state index is 6.11. The van der Waals surface area contributed by atoms with Gasteiger partial charge in [0.15, 0.2) is 0 Å². The summed E-state index contributed by atoms with van der Waals surface area (Å²) in [5, 5.41) is 0.718. The van der Waals surface area contributed by atoms with E-state index in [4.69, 9.17) is 22.1 Å². The fourth-order valence-electron chi connectivity index (χ4n) is 1.70. The summed E-state index contributed by atoms with van der Waals surface area (Å²) in [6.45, 7) is 3.50. The van der Waals surface area contributed by atoms with Crippen molar-refractivity contribution in [1.29, 1.82) is 0 Å². The van der Waals surface area contributed by atoms with Gasteiger partial charge in [-0.15, -0.1) is 0 Å². The summed E-state index contributed by atoms with van der Waals surface area (Å²) in [7, 11) is 0. The molecule has 0 fully saturated rings. The fraction of sp³-hybridized carbons (Fsp3) is 0.455. The van der Waals surface area contributed by atoms with Gasteiger partial charge in [-0.3, -0.25) is 0 Å². The number of hydrogen-bond donors (Lipinski definition) is 1. The van der Waals surface area contributed by atoms with Crippen LogP contribution in [-0.2, 0) is 6.42 Å². The smallest absolute Gasteiger partial charge is 0.141 e. The van der Waals surface area contributed by atoms with Crippen LogP contribution in [0.15, 0.2) is 12.1 Å². The minimum Gasteiger partial charge on any atom is -0.491 e. The third-order valence-electron chi connectivity index (χ3n) is 2.68. The van der Waals surface area contributed by atoms with Crippen LogP contribution in [0.5, 0.6) is 5.75 Å². The van der Waals surface area contributed by atoms with Crippen molar-refractivity contribution in [1.82, 2.24) is 0 Å². The van der Waals surface area contributed by atoms with Crippen molar-refractivity contribution in [2.45, 2.75) is 19.3 Å². The summed E-state index contributed by atoms with van der Waals surface area (Å²) in [4.78, 5) is 0. The molecule has 1 aliphatic heterocycles. The molecule has 1 atom stereocenters. The summed E-state index contributed by atoms with van der Waals surface area (Å²) in [5.74, 6) is 1.22. The van der Waals surface area contributed by atoms with E-state index in [1.54, 1.807) is 0 Å². The van der Waals surface area contributed by atoms with E-state index >= 15 is 0 Å². The zero-order valence-electron chi connectivity index (χ0n) is 8.22. The van der Waals surface area contributed by atoms with E-state index in [2.05, 4.69) is 13.0 Å². The van der Waals surface area contributed by atoms with Crippen LogP contribution in [-0.4, -0.2) is 13.2 Å². The molecule has 0 spiro atoms. The molecule has 1 unspecified atom stereocenters. The van der Waals surface area contributed by atoms with E-state index in [-0.39, 0.29) is 0 Å². The highest BCUT2D eigenvalue weighted by atomic mass is 35.5. The SMILES string of the molecule is CC(CN)c1cc(Cl)c2c(c1)CCO2. The Kier molecular flexibility index (Phi) is 2.66. The molecule has 1 heterocycles. The third kappa shape index (κ3) is 1.60. The molecular formula is C11H14ClNO. The van der Waals surface area contributed by atoms with Crippen molar-refractivity contribution in [3.63, 3.8) is 0 Å². The normalized spacial score (nSPS) is 16.2. The van der Waals surface area contributed by atoms with E-state index < -0.39 is 0 Å². The Labute approximate surface area is 89.0 Å². The maximum Gasteiger partial charge on any atom is 0.141 e. The lowest BCUT2D eigenvalue weighted by Crippen LogP contribution is -2.09. The van der Waals surface area contributed by atoms with Crippen LogP contribution in [0.25, 0.3) is 0 Å².